The van der Waals surface area contributed by atoms with Crippen molar-refractivity contribution in [3.63, 3.8) is 0 Å². The van der Waals surface area contributed by atoms with E-state index in [-0.39, 0.29) is 36.8 Å². The van der Waals surface area contributed by atoms with E-state index < -0.39 is 17.9 Å². The second kappa shape index (κ2) is 12.5. The van der Waals surface area contributed by atoms with Gasteiger partial charge in [0.25, 0.3) is 11.8 Å². The Labute approximate surface area is 204 Å². The summed E-state index contributed by atoms with van der Waals surface area (Å²) in [5.74, 6) is -1.57. The Morgan fingerprint density at radius 3 is 2.66 bits per heavy atom. The number of ether oxygens (including phenoxy) is 1. The highest BCUT2D eigenvalue weighted by Gasteiger charge is 2.21. The van der Waals surface area contributed by atoms with E-state index in [0.29, 0.717) is 49.4 Å². The average Bonchev–Trinajstić information content (AvgIpc) is 2.85. The number of nitrogens with zero attached hydrogens (tertiary/aromatic N) is 1. The number of carbonyl (C=O) groups is 4. The topological polar surface area (TPSA) is 125 Å². The molecule has 3 amide bonds. The van der Waals surface area contributed by atoms with Gasteiger partial charge in [-0.05, 0) is 56.0 Å². The Balaban J connectivity index is 1.81. The molecule has 9 heteroatoms. The molecule has 0 radical (unpaired) electrons. The normalized spacial score (nSPS) is 18.5. The Kier molecular flexibility index (Phi) is 9.23. The van der Waals surface area contributed by atoms with Crippen LogP contribution in [0.3, 0.4) is 0 Å². The van der Waals surface area contributed by atoms with Gasteiger partial charge in [-0.1, -0.05) is 24.3 Å². The van der Waals surface area contributed by atoms with E-state index >= 15 is 0 Å². The molecule has 0 aliphatic carbocycles. The molecule has 9 nitrogen and oxygen atoms in total. The first kappa shape index (κ1) is 25.7. The monoisotopic (exact) mass is 481 g/mol. The van der Waals surface area contributed by atoms with Gasteiger partial charge in [0.05, 0.1) is 13.0 Å². The molecule has 0 fully saturated rings. The van der Waals surface area contributed by atoms with Gasteiger partial charge >= 0.3 is 5.97 Å². The number of nitrogens with one attached hydrogen (secondary N) is 2. The maximum absolute atomic E-state index is 12.9. The van der Waals surface area contributed by atoms with E-state index in [2.05, 4.69) is 10.6 Å². The lowest BCUT2D eigenvalue weighted by atomic mass is 10.0. The molecule has 3 rings (SSSR count). The first-order valence-corrected chi connectivity index (χ1v) is 11.8. The molecular weight excluding hydrogens is 450 g/mol. The number of hydrogen-bond acceptors (Lipinski definition) is 5. The highest BCUT2D eigenvalue weighted by molar-refractivity contribution is 5.97. The lowest BCUT2D eigenvalue weighted by Gasteiger charge is -2.22. The van der Waals surface area contributed by atoms with E-state index in [0.717, 1.165) is 0 Å². The fourth-order valence-electron chi connectivity index (χ4n) is 3.90. The lowest BCUT2D eigenvalue weighted by Crippen LogP contribution is -2.40. The Morgan fingerprint density at radius 2 is 1.89 bits per heavy atom. The number of likely N-dealkylation sites (N-methyl/N-ethyl adjacent to an activating group) is 1. The molecule has 0 aromatic heterocycles. The maximum atomic E-state index is 12.9. The standard InChI is InChI=1S/C26H31N3O6/c1-2-29-14-15-35-20-10-7-9-19(16-20)24(31)28-22(26(33)34)12-5-6-13-27-25(32)21-11-4-3-8-18(21)17-23(29)30/h3-4,7-11,16,22H,2,5-6,12-15,17H2,1H3,(H,27,32)(H,28,31)(H,33,34)/t22-/m0/s1. The van der Waals surface area contributed by atoms with Crippen molar-refractivity contribution in [1.82, 2.24) is 15.5 Å². The minimum atomic E-state index is -1.12. The smallest absolute Gasteiger partial charge is 0.326 e. The number of benzene rings is 2. The van der Waals surface area contributed by atoms with Crippen LogP contribution in [0.2, 0.25) is 0 Å². The molecule has 0 saturated heterocycles. The summed E-state index contributed by atoms with van der Waals surface area (Å²) in [5.41, 5.74) is 1.37. The van der Waals surface area contributed by atoms with Crippen LogP contribution in [-0.4, -0.2) is 66.0 Å². The quantitative estimate of drug-likeness (QED) is 0.604. The second-order valence-corrected chi connectivity index (χ2v) is 8.30. The van der Waals surface area contributed by atoms with Crippen molar-refractivity contribution < 1.29 is 29.0 Å². The fraction of sp³-hybridized carbons (Fsp3) is 0.385. The van der Waals surface area contributed by atoms with Crippen LogP contribution in [0.1, 0.15) is 52.5 Å². The summed E-state index contributed by atoms with van der Waals surface area (Å²) in [5, 5.41) is 14.9. The van der Waals surface area contributed by atoms with Gasteiger partial charge in [0.2, 0.25) is 5.91 Å². The zero-order valence-electron chi connectivity index (χ0n) is 19.8. The summed E-state index contributed by atoms with van der Waals surface area (Å²) in [6, 6.07) is 12.5. The van der Waals surface area contributed by atoms with Crippen LogP contribution >= 0.6 is 0 Å². The summed E-state index contributed by atoms with van der Waals surface area (Å²) < 4.78 is 5.76. The van der Waals surface area contributed by atoms with Crippen molar-refractivity contribution in [2.24, 2.45) is 0 Å². The highest BCUT2D eigenvalue weighted by Crippen LogP contribution is 2.15. The van der Waals surface area contributed by atoms with Crippen molar-refractivity contribution in [3.8, 4) is 5.75 Å². The number of amides is 3. The van der Waals surface area contributed by atoms with Crippen molar-refractivity contribution >= 4 is 23.7 Å². The first-order valence-electron chi connectivity index (χ1n) is 11.8. The molecule has 2 aromatic carbocycles. The van der Waals surface area contributed by atoms with Gasteiger partial charge in [0.1, 0.15) is 18.4 Å². The second-order valence-electron chi connectivity index (χ2n) is 8.30. The largest absolute Gasteiger partial charge is 0.492 e. The van der Waals surface area contributed by atoms with E-state index in [1.54, 1.807) is 53.4 Å². The number of rotatable bonds is 2. The van der Waals surface area contributed by atoms with Crippen LogP contribution in [0.5, 0.6) is 5.75 Å². The molecule has 0 spiro atoms. The van der Waals surface area contributed by atoms with Crippen LogP contribution in [0.15, 0.2) is 48.5 Å². The molecular formula is C26H31N3O6. The van der Waals surface area contributed by atoms with Gasteiger partial charge in [0, 0.05) is 24.2 Å². The molecule has 0 unspecified atom stereocenters. The van der Waals surface area contributed by atoms with Crippen molar-refractivity contribution in [2.75, 3.05) is 26.2 Å². The molecule has 1 heterocycles. The summed E-state index contributed by atoms with van der Waals surface area (Å²) >= 11 is 0. The van der Waals surface area contributed by atoms with Crippen LogP contribution in [-0.2, 0) is 16.0 Å². The molecule has 1 aliphatic heterocycles. The Bertz CT molecular complexity index is 1070. The van der Waals surface area contributed by atoms with Crippen LogP contribution < -0.4 is 15.4 Å². The molecule has 1 aliphatic rings. The minimum absolute atomic E-state index is 0.0907. The van der Waals surface area contributed by atoms with Crippen LogP contribution in [0, 0.1) is 0 Å². The summed E-state index contributed by atoms with van der Waals surface area (Å²) in [6.45, 7) is 3.25. The molecule has 3 N–H and O–H groups in total. The van der Waals surface area contributed by atoms with Gasteiger partial charge in [0.15, 0.2) is 0 Å². The molecule has 1 atom stereocenters. The molecule has 186 valence electrons. The van der Waals surface area contributed by atoms with Gasteiger partial charge in [-0.25, -0.2) is 4.79 Å². The third kappa shape index (κ3) is 7.30. The lowest BCUT2D eigenvalue weighted by molar-refractivity contribution is -0.139. The molecule has 2 aromatic rings. The van der Waals surface area contributed by atoms with E-state index in [1.165, 1.54) is 0 Å². The van der Waals surface area contributed by atoms with Gasteiger partial charge in [-0.3, -0.25) is 14.4 Å². The summed E-state index contributed by atoms with van der Waals surface area (Å²) in [4.78, 5) is 51.6. The van der Waals surface area contributed by atoms with Crippen molar-refractivity contribution in [1.29, 1.82) is 0 Å². The average molecular weight is 482 g/mol. The number of carbonyl (C=O) groups excluding carboxylic acids is 3. The molecule has 35 heavy (non-hydrogen) atoms. The zero-order chi connectivity index (χ0) is 25.2. The number of aliphatic carboxylic acids is 1. The zero-order valence-corrected chi connectivity index (χ0v) is 19.8. The van der Waals surface area contributed by atoms with Gasteiger partial charge < -0.3 is 25.4 Å². The SMILES string of the molecule is CCN1CCOc2cccc(c2)C(=O)N[C@H](C(=O)O)CCCCNC(=O)c2ccccc2CC1=O. The third-order valence-corrected chi connectivity index (χ3v) is 5.87. The Morgan fingerprint density at radius 1 is 1.09 bits per heavy atom. The predicted molar refractivity (Wildman–Crippen MR) is 129 cm³/mol. The molecule has 0 saturated carbocycles. The number of fused-ring (bicyclic) bond motifs is 3. The van der Waals surface area contributed by atoms with E-state index in [9.17, 15) is 24.3 Å². The number of hydrogen-bond donors (Lipinski definition) is 3. The van der Waals surface area contributed by atoms with Gasteiger partial charge in [-0.15, -0.1) is 0 Å². The predicted octanol–water partition coefficient (Wildman–Crippen LogP) is 2.25. The highest BCUT2D eigenvalue weighted by atomic mass is 16.5. The summed E-state index contributed by atoms with van der Waals surface area (Å²) in [7, 11) is 0. The van der Waals surface area contributed by atoms with Crippen LogP contribution in [0.25, 0.3) is 0 Å². The fourth-order valence-corrected chi connectivity index (χ4v) is 3.90. The van der Waals surface area contributed by atoms with Crippen LogP contribution in [0.4, 0.5) is 0 Å². The summed E-state index contributed by atoms with van der Waals surface area (Å²) in [6.07, 6.45) is 1.35. The van der Waals surface area contributed by atoms with E-state index in [4.69, 9.17) is 4.74 Å². The number of carboxylic acid groups (broad SMARTS) is 1. The maximum Gasteiger partial charge on any atom is 0.326 e. The Hall–Kier alpha value is -3.88. The van der Waals surface area contributed by atoms with E-state index in [1.807, 2.05) is 6.92 Å². The minimum Gasteiger partial charge on any atom is -0.492 e. The van der Waals surface area contributed by atoms with Crippen molar-refractivity contribution in [3.05, 3.63) is 65.2 Å². The third-order valence-electron chi connectivity index (χ3n) is 5.87. The van der Waals surface area contributed by atoms with Crippen molar-refractivity contribution in [2.45, 2.75) is 38.6 Å². The molecule has 2 bridgehead atoms. The first-order chi connectivity index (χ1) is 16.9. The van der Waals surface area contributed by atoms with Gasteiger partial charge in [-0.2, -0.15) is 0 Å². The number of carboxylic acids is 1.